The van der Waals surface area contributed by atoms with Crippen molar-refractivity contribution in [1.29, 1.82) is 0 Å². The average molecular weight is 515 g/mol. The molecule has 1 aromatic carbocycles. The van der Waals surface area contributed by atoms with E-state index in [2.05, 4.69) is 71.6 Å². The molecule has 0 atom stereocenters. The summed E-state index contributed by atoms with van der Waals surface area (Å²) in [7, 11) is 0. The monoisotopic (exact) mass is 514 g/mol. The Labute approximate surface area is 231 Å². The first-order valence-electron chi connectivity index (χ1n) is 16.3. The van der Waals surface area contributed by atoms with Crippen LogP contribution in [-0.2, 0) is 0 Å². The zero-order valence-electron chi connectivity index (χ0n) is 25.4. The van der Waals surface area contributed by atoms with Gasteiger partial charge >= 0.3 is 0 Å². The quantitative estimate of drug-likeness (QED) is 0.127. The van der Waals surface area contributed by atoms with Crippen LogP contribution in [0.3, 0.4) is 0 Å². The molecule has 4 heteroatoms. The largest absolute Gasteiger partial charge is 0.339 e. The summed E-state index contributed by atoms with van der Waals surface area (Å²) in [5, 5.41) is 0. The molecule has 0 aliphatic carbocycles. The fraction of sp³-hybridized carbons (Fsp3) is 0.818. The van der Waals surface area contributed by atoms with Gasteiger partial charge in [0.25, 0.3) is 0 Å². The zero-order valence-corrected chi connectivity index (χ0v) is 25.4. The lowest BCUT2D eigenvalue weighted by Crippen LogP contribution is -2.44. The van der Waals surface area contributed by atoms with Gasteiger partial charge in [0, 0.05) is 0 Å². The van der Waals surface area contributed by atoms with E-state index in [9.17, 15) is 0 Å². The molecule has 1 aromatic rings. The molecule has 0 spiro atoms. The fourth-order valence-electron chi connectivity index (χ4n) is 5.64. The normalized spacial score (nSPS) is 13.4. The van der Waals surface area contributed by atoms with E-state index < -0.39 is 0 Å². The van der Waals surface area contributed by atoms with E-state index in [1.807, 2.05) is 0 Å². The second-order valence-electron chi connectivity index (χ2n) is 11.5. The summed E-state index contributed by atoms with van der Waals surface area (Å²) in [5.41, 5.74) is 2.87. The van der Waals surface area contributed by atoms with Gasteiger partial charge in [0.1, 0.15) is 0 Å². The number of nitrogens with zero attached hydrogens (tertiary/aromatic N) is 4. The Morgan fingerprint density at radius 2 is 0.811 bits per heavy atom. The molecule has 0 N–H and O–H groups in total. The minimum atomic E-state index is 1.03. The number of hydrogen-bond donors (Lipinski definition) is 0. The standard InChI is InChI=1S/C33H62N4/c1-5-9-13-19-25-34(26-20-14-10-6-2)29-36-31-37(33-24-18-17-23-32(33)36)30-35(27-21-15-11-7-3)28-22-16-12-8-4/h17-18,23-24H,5-16,19-22,25-31H2,1-4H3. The Morgan fingerprint density at radius 3 is 1.11 bits per heavy atom. The van der Waals surface area contributed by atoms with Crippen molar-refractivity contribution in [2.24, 2.45) is 0 Å². The Balaban J connectivity index is 2.02. The lowest BCUT2D eigenvalue weighted by atomic mass is 10.1. The highest BCUT2D eigenvalue weighted by Crippen LogP contribution is 2.36. The van der Waals surface area contributed by atoms with Crippen molar-refractivity contribution in [3.63, 3.8) is 0 Å². The molecule has 2 rings (SSSR count). The first kappa shape index (κ1) is 32.0. The van der Waals surface area contributed by atoms with E-state index in [4.69, 9.17) is 0 Å². The van der Waals surface area contributed by atoms with Crippen molar-refractivity contribution in [3.8, 4) is 0 Å². The van der Waals surface area contributed by atoms with Crippen molar-refractivity contribution in [2.75, 3.05) is 56.0 Å². The molecule has 0 saturated carbocycles. The summed E-state index contributed by atoms with van der Waals surface area (Å²) < 4.78 is 0. The maximum atomic E-state index is 2.75. The molecule has 0 bridgehead atoms. The van der Waals surface area contributed by atoms with Crippen molar-refractivity contribution < 1.29 is 0 Å². The predicted molar refractivity (Wildman–Crippen MR) is 166 cm³/mol. The van der Waals surface area contributed by atoms with E-state index in [-0.39, 0.29) is 0 Å². The third-order valence-electron chi connectivity index (χ3n) is 7.96. The summed E-state index contributed by atoms with van der Waals surface area (Å²) >= 11 is 0. The average Bonchev–Trinajstić information content (AvgIpc) is 3.25. The molecule has 1 aliphatic rings. The minimum Gasteiger partial charge on any atom is -0.339 e. The number of anilines is 2. The van der Waals surface area contributed by atoms with Gasteiger partial charge in [0.05, 0.1) is 31.4 Å². The summed E-state index contributed by atoms with van der Waals surface area (Å²) in [5.74, 6) is 0. The molecule has 0 fully saturated rings. The molecule has 0 saturated heterocycles. The molecule has 0 amide bonds. The lowest BCUT2D eigenvalue weighted by Gasteiger charge is -2.32. The van der Waals surface area contributed by atoms with Crippen molar-refractivity contribution in [2.45, 2.75) is 130 Å². The molecule has 4 nitrogen and oxygen atoms in total. The molecule has 0 unspecified atom stereocenters. The van der Waals surface area contributed by atoms with Crippen LogP contribution in [0, 0.1) is 0 Å². The summed E-state index contributed by atoms with van der Waals surface area (Å²) in [6.07, 6.45) is 21.6. The van der Waals surface area contributed by atoms with Crippen LogP contribution in [0.15, 0.2) is 24.3 Å². The van der Waals surface area contributed by atoms with Gasteiger partial charge in [-0.25, -0.2) is 0 Å². The van der Waals surface area contributed by atoms with Crippen molar-refractivity contribution in [1.82, 2.24) is 9.80 Å². The van der Waals surface area contributed by atoms with E-state index >= 15 is 0 Å². The highest BCUT2D eigenvalue weighted by atomic mass is 15.5. The third-order valence-corrected chi connectivity index (χ3v) is 7.96. The number of rotatable bonds is 24. The van der Waals surface area contributed by atoms with Crippen LogP contribution in [0.1, 0.15) is 130 Å². The number of hydrogen-bond acceptors (Lipinski definition) is 4. The SMILES string of the molecule is CCCCCCN(CCCCCC)CN1CN(CN(CCCCCC)CCCCCC)c2ccccc21. The van der Waals surface area contributed by atoms with Gasteiger partial charge in [-0.15, -0.1) is 0 Å². The lowest BCUT2D eigenvalue weighted by molar-refractivity contribution is 0.249. The van der Waals surface area contributed by atoms with Crippen LogP contribution >= 0.6 is 0 Å². The predicted octanol–water partition coefficient (Wildman–Crippen LogP) is 9.11. The first-order valence-corrected chi connectivity index (χ1v) is 16.3. The van der Waals surface area contributed by atoms with Crippen LogP contribution in [0.25, 0.3) is 0 Å². The van der Waals surface area contributed by atoms with Gasteiger partial charge in [-0.1, -0.05) is 117 Å². The maximum Gasteiger partial charge on any atom is 0.0929 e. The number of unbranched alkanes of at least 4 members (excludes halogenated alkanes) is 12. The first-order chi connectivity index (χ1) is 18.2. The number of para-hydroxylation sites is 2. The number of benzene rings is 1. The molecule has 0 aromatic heterocycles. The van der Waals surface area contributed by atoms with Crippen LogP contribution in [0.4, 0.5) is 11.4 Å². The molecule has 1 heterocycles. The second-order valence-corrected chi connectivity index (χ2v) is 11.5. The molecule has 1 aliphatic heterocycles. The topological polar surface area (TPSA) is 13.0 Å². The van der Waals surface area contributed by atoms with E-state index in [0.29, 0.717) is 0 Å². The molecular formula is C33H62N4. The highest BCUT2D eigenvalue weighted by molar-refractivity contribution is 5.76. The molecule has 37 heavy (non-hydrogen) atoms. The highest BCUT2D eigenvalue weighted by Gasteiger charge is 2.27. The second kappa shape index (κ2) is 20.7. The van der Waals surface area contributed by atoms with Gasteiger partial charge in [-0.05, 0) is 64.0 Å². The summed E-state index contributed by atoms with van der Waals surface area (Å²) in [6.45, 7) is 17.4. The van der Waals surface area contributed by atoms with Crippen LogP contribution in [-0.4, -0.2) is 56.0 Å². The Bertz CT molecular complexity index is 584. The van der Waals surface area contributed by atoms with Gasteiger partial charge in [-0.2, -0.15) is 0 Å². The zero-order chi connectivity index (χ0) is 26.6. The smallest absolute Gasteiger partial charge is 0.0929 e. The van der Waals surface area contributed by atoms with Crippen LogP contribution in [0.5, 0.6) is 0 Å². The molecule has 0 radical (unpaired) electrons. The fourth-order valence-corrected chi connectivity index (χ4v) is 5.64. The summed E-state index contributed by atoms with van der Waals surface area (Å²) in [6, 6.07) is 9.17. The van der Waals surface area contributed by atoms with E-state index in [1.165, 1.54) is 140 Å². The van der Waals surface area contributed by atoms with Gasteiger partial charge in [0.2, 0.25) is 0 Å². The van der Waals surface area contributed by atoms with Gasteiger partial charge < -0.3 is 9.80 Å². The molecular weight excluding hydrogens is 452 g/mol. The number of fused-ring (bicyclic) bond motifs is 1. The van der Waals surface area contributed by atoms with Gasteiger partial charge in [-0.3, -0.25) is 9.80 Å². The Morgan fingerprint density at radius 1 is 0.486 bits per heavy atom. The third kappa shape index (κ3) is 12.9. The summed E-state index contributed by atoms with van der Waals surface area (Å²) in [4.78, 5) is 10.8. The van der Waals surface area contributed by atoms with Gasteiger partial charge in [0.15, 0.2) is 0 Å². The van der Waals surface area contributed by atoms with E-state index in [1.54, 1.807) is 0 Å². The Kier molecular flexibility index (Phi) is 17.9. The maximum absolute atomic E-state index is 2.75. The van der Waals surface area contributed by atoms with Crippen LogP contribution in [0.2, 0.25) is 0 Å². The Hall–Kier alpha value is -1.26. The van der Waals surface area contributed by atoms with Crippen molar-refractivity contribution >= 4 is 11.4 Å². The van der Waals surface area contributed by atoms with E-state index in [0.717, 1.165) is 20.0 Å². The van der Waals surface area contributed by atoms with Crippen molar-refractivity contribution in [3.05, 3.63) is 24.3 Å². The van der Waals surface area contributed by atoms with Crippen LogP contribution < -0.4 is 9.80 Å². The minimum absolute atomic E-state index is 1.03. The molecule has 214 valence electrons.